The van der Waals surface area contributed by atoms with Crippen molar-refractivity contribution in [2.24, 2.45) is 4.40 Å². The predicted octanol–water partition coefficient (Wildman–Crippen LogP) is 2.59. The zero-order chi connectivity index (χ0) is 19.7. The molecule has 0 bridgehead atoms. The third kappa shape index (κ3) is 3.50. The van der Waals surface area contributed by atoms with Gasteiger partial charge in [0, 0.05) is 24.2 Å². The predicted molar refractivity (Wildman–Crippen MR) is 106 cm³/mol. The SMILES string of the molecule is Cc1ccc(S(=O)(=O)/N=C2\C=C(N3CCOCC3)C(=O)c3ccccc32)cc1. The molecule has 0 N–H and O–H groups in total. The number of allylic oxidation sites excluding steroid dienone is 2. The van der Waals surface area contributed by atoms with Crippen molar-refractivity contribution >= 4 is 21.5 Å². The van der Waals surface area contributed by atoms with Crippen LogP contribution in [0.1, 0.15) is 21.5 Å². The topological polar surface area (TPSA) is 76.0 Å². The minimum Gasteiger partial charge on any atom is -0.378 e. The maximum atomic E-state index is 13.0. The molecule has 7 heteroatoms. The molecule has 0 radical (unpaired) electrons. The van der Waals surface area contributed by atoms with Gasteiger partial charge in [0.15, 0.2) is 0 Å². The molecule has 6 nitrogen and oxygen atoms in total. The first-order chi connectivity index (χ1) is 13.5. The average molecular weight is 396 g/mol. The Morgan fingerprint density at radius 3 is 2.29 bits per heavy atom. The minimum absolute atomic E-state index is 0.121. The molecule has 144 valence electrons. The Hall–Kier alpha value is -2.77. The van der Waals surface area contributed by atoms with Crippen LogP contribution in [0.15, 0.2) is 69.6 Å². The highest BCUT2D eigenvalue weighted by Gasteiger charge is 2.29. The Balaban J connectivity index is 1.82. The van der Waals surface area contributed by atoms with Crippen LogP contribution in [0.4, 0.5) is 0 Å². The normalized spacial score (nSPS) is 18.8. The lowest BCUT2D eigenvalue weighted by molar-refractivity contribution is 0.0507. The molecule has 0 amide bonds. The van der Waals surface area contributed by atoms with E-state index in [9.17, 15) is 13.2 Å². The molecule has 0 aromatic heterocycles. The van der Waals surface area contributed by atoms with Crippen molar-refractivity contribution in [2.45, 2.75) is 11.8 Å². The number of fused-ring (bicyclic) bond motifs is 1. The number of ketones is 1. The summed E-state index contributed by atoms with van der Waals surface area (Å²) in [6.07, 6.45) is 1.59. The lowest BCUT2D eigenvalue weighted by atomic mass is 9.91. The van der Waals surface area contributed by atoms with Gasteiger partial charge in [0.2, 0.25) is 5.78 Å². The van der Waals surface area contributed by atoms with Crippen molar-refractivity contribution in [1.29, 1.82) is 0 Å². The van der Waals surface area contributed by atoms with Gasteiger partial charge in [-0.2, -0.15) is 12.8 Å². The van der Waals surface area contributed by atoms with Crippen molar-refractivity contribution in [3.63, 3.8) is 0 Å². The molecule has 1 aliphatic heterocycles. The van der Waals surface area contributed by atoms with Crippen LogP contribution < -0.4 is 0 Å². The van der Waals surface area contributed by atoms with Crippen LogP contribution in [0.5, 0.6) is 0 Å². The van der Waals surface area contributed by atoms with Gasteiger partial charge in [-0.1, -0.05) is 42.0 Å². The molecule has 1 heterocycles. The summed E-state index contributed by atoms with van der Waals surface area (Å²) in [5.74, 6) is -0.121. The summed E-state index contributed by atoms with van der Waals surface area (Å²) < 4.78 is 35.2. The second kappa shape index (κ2) is 7.33. The average Bonchev–Trinajstić information content (AvgIpc) is 2.71. The number of carbonyl (C=O) groups excluding carboxylic acids is 1. The fourth-order valence-corrected chi connectivity index (χ4v) is 4.32. The number of sulfonamides is 1. The van der Waals surface area contributed by atoms with Gasteiger partial charge < -0.3 is 9.64 Å². The standard InChI is InChI=1S/C21H20N2O4S/c1-15-6-8-16(9-7-15)28(25,26)22-19-14-20(23-10-12-27-13-11-23)21(24)18-5-3-2-4-17(18)19/h2-9,14H,10-13H2,1H3/b22-19+. The smallest absolute Gasteiger partial charge is 0.282 e. The molecule has 0 unspecified atom stereocenters. The highest BCUT2D eigenvalue weighted by atomic mass is 32.2. The second-order valence-electron chi connectivity index (χ2n) is 6.77. The fourth-order valence-electron chi connectivity index (χ4n) is 3.32. The number of benzene rings is 2. The Kier molecular flexibility index (Phi) is 4.87. The summed E-state index contributed by atoms with van der Waals surface area (Å²) in [5.41, 5.74) is 2.69. The lowest BCUT2D eigenvalue weighted by Crippen LogP contribution is -2.39. The van der Waals surface area contributed by atoms with Gasteiger partial charge in [0.25, 0.3) is 10.0 Å². The largest absolute Gasteiger partial charge is 0.378 e. The molecule has 0 saturated carbocycles. The van der Waals surface area contributed by atoms with Crippen molar-refractivity contribution in [2.75, 3.05) is 26.3 Å². The van der Waals surface area contributed by atoms with E-state index >= 15 is 0 Å². The lowest BCUT2D eigenvalue weighted by Gasteiger charge is -2.32. The number of aryl methyl sites for hydroxylation is 1. The molecule has 2 aromatic rings. The molecule has 2 aliphatic rings. The van der Waals surface area contributed by atoms with Gasteiger partial charge in [-0.05, 0) is 25.1 Å². The number of Topliss-reactive ketones (excluding diaryl/α,β-unsaturated/α-hetero) is 1. The maximum Gasteiger partial charge on any atom is 0.282 e. The van der Waals surface area contributed by atoms with E-state index in [-0.39, 0.29) is 16.4 Å². The van der Waals surface area contributed by atoms with Gasteiger partial charge in [-0.3, -0.25) is 4.79 Å². The molecular weight excluding hydrogens is 376 g/mol. The van der Waals surface area contributed by atoms with Crippen LogP contribution in [0, 0.1) is 6.92 Å². The number of rotatable bonds is 3. The first kappa shape index (κ1) is 18.6. The molecule has 0 spiro atoms. The number of hydrogen-bond acceptors (Lipinski definition) is 5. The van der Waals surface area contributed by atoms with Gasteiger partial charge in [0.05, 0.1) is 29.5 Å². The third-order valence-corrected chi connectivity index (χ3v) is 6.15. The van der Waals surface area contributed by atoms with Crippen LogP contribution in [0.3, 0.4) is 0 Å². The van der Waals surface area contributed by atoms with Crippen molar-refractivity contribution in [1.82, 2.24) is 4.90 Å². The zero-order valence-corrected chi connectivity index (χ0v) is 16.3. The number of morpholine rings is 1. The van der Waals surface area contributed by atoms with Crippen molar-refractivity contribution in [3.05, 3.63) is 77.0 Å². The van der Waals surface area contributed by atoms with Crippen LogP contribution in [0.25, 0.3) is 0 Å². The Bertz CT molecular complexity index is 1080. The summed E-state index contributed by atoms with van der Waals surface area (Å²) >= 11 is 0. The monoisotopic (exact) mass is 396 g/mol. The summed E-state index contributed by atoms with van der Waals surface area (Å²) in [7, 11) is -3.90. The minimum atomic E-state index is -3.90. The molecule has 4 rings (SSSR count). The van der Waals surface area contributed by atoms with E-state index in [1.165, 1.54) is 0 Å². The van der Waals surface area contributed by atoms with E-state index in [1.807, 2.05) is 11.8 Å². The number of ether oxygens (including phenoxy) is 1. The van der Waals surface area contributed by atoms with Gasteiger partial charge >= 0.3 is 0 Å². The second-order valence-corrected chi connectivity index (χ2v) is 8.37. The fraction of sp³-hybridized carbons (Fsp3) is 0.238. The van der Waals surface area contributed by atoms with Crippen molar-refractivity contribution in [3.8, 4) is 0 Å². The quantitative estimate of drug-likeness (QED) is 0.797. The van der Waals surface area contributed by atoms with E-state index in [0.29, 0.717) is 43.1 Å². The molecule has 1 saturated heterocycles. The van der Waals surface area contributed by atoms with Crippen molar-refractivity contribution < 1.29 is 17.9 Å². The first-order valence-electron chi connectivity index (χ1n) is 9.06. The Morgan fingerprint density at radius 2 is 1.61 bits per heavy atom. The molecule has 0 atom stereocenters. The van der Waals surface area contributed by atoms with E-state index < -0.39 is 10.0 Å². The summed E-state index contributed by atoms with van der Waals surface area (Å²) in [6, 6.07) is 13.5. The third-order valence-electron chi connectivity index (χ3n) is 4.84. The molecular formula is C21H20N2O4S. The van der Waals surface area contributed by atoms with Crippen LogP contribution in [-0.2, 0) is 14.8 Å². The van der Waals surface area contributed by atoms with E-state index in [1.54, 1.807) is 54.6 Å². The van der Waals surface area contributed by atoms with Gasteiger partial charge in [0.1, 0.15) is 0 Å². The highest BCUT2D eigenvalue weighted by molar-refractivity contribution is 7.90. The number of hydrogen-bond donors (Lipinski definition) is 0. The van der Waals surface area contributed by atoms with Gasteiger partial charge in [-0.15, -0.1) is 0 Å². The maximum absolute atomic E-state index is 13.0. The molecule has 2 aromatic carbocycles. The van der Waals surface area contributed by atoms with E-state index in [4.69, 9.17) is 4.74 Å². The molecule has 28 heavy (non-hydrogen) atoms. The van der Waals surface area contributed by atoms with Crippen LogP contribution >= 0.6 is 0 Å². The Labute approximate surface area is 164 Å². The molecule has 1 aliphatic carbocycles. The van der Waals surface area contributed by atoms with Gasteiger partial charge in [-0.25, -0.2) is 0 Å². The summed E-state index contributed by atoms with van der Waals surface area (Å²) in [5, 5.41) is 0. The summed E-state index contributed by atoms with van der Waals surface area (Å²) in [4.78, 5) is 15.0. The van der Waals surface area contributed by atoms with E-state index in [2.05, 4.69) is 4.40 Å². The van der Waals surface area contributed by atoms with Crippen LogP contribution in [-0.4, -0.2) is 51.1 Å². The highest BCUT2D eigenvalue weighted by Crippen LogP contribution is 2.26. The zero-order valence-electron chi connectivity index (χ0n) is 15.5. The van der Waals surface area contributed by atoms with E-state index in [0.717, 1.165) is 5.56 Å². The Morgan fingerprint density at radius 1 is 0.964 bits per heavy atom. The van der Waals surface area contributed by atoms with Crippen LogP contribution in [0.2, 0.25) is 0 Å². The number of carbonyl (C=O) groups is 1. The molecule has 1 fully saturated rings. The summed E-state index contributed by atoms with van der Waals surface area (Å²) in [6.45, 7) is 4.11. The number of nitrogens with zero attached hydrogens (tertiary/aromatic N) is 2. The first-order valence-corrected chi connectivity index (χ1v) is 10.5.